The van der Waals surface area contributed by atoms with Gasteiger partial charge in [0, 0.05) is 36.2 Å². The van der Waals surface area contributed by atoms with E-state index in [-0.39, 0.29) is 41.8 Å². The molecule has 0 aromatic heterocycles. The zero-order valence-corrected chi connectivity index (χ0v) is 18.4. The monoisotopic (exact) mass is 447 g/mol. The summed E-state index contributed by atoms with van der Waals surface area (Å²) in [7, 11) is 0. The van der Waals surface area contributed by atoms with Gasteiger partial charge in [0.2, 0.25) is 5.91 Å². The third-order valence-electron chi connectivity index (χ3n) is 8.46. The Labute approximate surface area is 186 Å². The van der Waals surface area contributed by atoms with Crippen molar-refractivity contribution in [2.45, 2.75) is 57.2 Å². The van der Waals surface area contributed by atoms with E-state index in [1.54, 1.807) is 6.92 Å². The van der Waals surface area contributed by atoms with Crippen LogP contribution in [0.4, 0.5) is 8.78 Å². The normalized spacial score (nSPS) is 37.3. The fourth-order valence-electron chi connectivity index (χ4n) is 7.09. The number of amides is 2. The van der Waals surface area contributed by atoms with E-state index in [0.717, 1.165) is 32.1 Å². The molecule has 5 fully saturated rings. The molecular weight excluding hydrogens is 416 g/mol. The highest BCUT2D eigenvalue weighted by Gasteiger charge is 2.58. The summed E-state index contributed by atoms with van der Waals surface area (Å²) < 4.78 is 34.3. The Hall–Kier alpha value is -2.06. The first-order valence-electron chi connectivity index (χ1n) is 11.7. The van der Waals surface area contributed by atoms with Crippen molar-refractivity contribution in [2.75, 3.05) is 19.7 Å². The van der Waals surface area contributed by atoms with Gasteiger partial charge in [-0.2, -0.15) is 0 Å². The van der Waals surface area contributed by atoms with E-state index < -0.39 is 29.2 Å². The Morgan fingerprint density at radius 2 is 1.84 bits per heavy atom. The Morgan fingerprint density at radius 3 is 2.47 bits per heavy atom. The van der Waals surface area contributed by atoms with Gasteiger partial charge in [-0.15, -0.1) is 0 Å². The van der Waals surface area contributed by atoms with E-state index in [9.17, 15) is 18.4 Å². The number of rotatable bonds is 5. The van der Waals surface area contributed by atoms with Crippen LogP contribution in [0.25, 0.3) is 0 Å². The van der Waals surface area contributed by atoms with Crippen LogP contribution in [0.15, 0.2) is 18.2 Å². The van der Waals surface area contributed by atoms with E-state index in [1.165, 1.54) is 18.2 Å². The number of ether oxygens (including phenoxy) is 1. The number of hydrogen-bond donors (Lipinski definition) is 2. The number of nitrogens with one attached hydrogen (secondary N) is 1. The third kappa shape index (κ3) is 3.61. The van der Waals surface area contributed by atoms with Gasteiger partial charge >= 0.3 is 0 Å². The maximum absolute atomic E-state index is 14.3. The molecule has 4 bridgehead atoms. The van der Waals surface area contributed by atoms with Crippen LogP contribution < -0.4 is 11.1 Å². The maximum atomic E-state index is 14.3. The van der Waals surface area contributed by atoms with Gasteiger partial charge in [0.15, 0.2) is 0 Å². The first-order valence-corrected chi connectivity index (χ1v) is 11.7. The molecule has 3 unspecified atom stereocenters. The summed E-state index contributed by atoms with van der Waals surface area (Å²) in [5, 5.41) is 3.22. The number of carbonyl (C=O) groups is 2. The lowest BCUT2D eigenvalue weighted by molar-refractivity contribution is -0.151. The molecule has 6 rings (SSSR count). The summed E-state index contributed by atoms with van der Waals surface area (Å²) in [6.07, 6.45) is 3.75. The summed E-state index contributed by atoms with van der Waals surface area (Å²) in [5.74, 6) is -0.480. The largest absolute Gasteiger partial charge is 0.369 e. The van der Waals surface area contributed by atoms with Gasteiger partial charge < -0.3 is 15.8 Å². The molecule has 3 N–H and O–H groups in total. The van der Waals surface area contributed by atoms with Gasteiger partial charge in [0.05, 0.1) is 6.61 Å². The number of halogens is 2. The van der Waals surface area contributed by atoms with Crippen molar-refractivity contribution in [2.24, 2.45) is 28.9 Å². The maximum Gasteiger partial charge on any atom is 0.250 e. The minimum atomic E-state index is -0.691. The second-order valence-corrected chi connectivity index (χ2v) is 10.3. The van der Waals surface area contributed by atoms with Crippen molar-refractivity contribution in [3.63, 3.8) is 0 Å². The molecule has 4 atom stereocenters. The molecular formula is C24H31F2N3O3. The predicted molar refractivity (Wildman–Crippen MR) is 113 cm³/mol. The standard InChI is InChI=1S/C24H31F2N3O3/c1-13(20-17(25)3-2-4-18(20)26)29-5-6-32-19(12-29)22(30)28-21-15-7-14-8-16(21)11-24(9-14,10-15)23(27)31/h2-4,13-16,19,21H,5-12H2,1H3,(H2,27,31)(H,28,30)/t13?,14?,15?,16?,19-,21?,24?/m1/s1. The lowest BCUT2D eigenvalue weighted by atomic mass is 9.47. The summed E-state index contributed by atoms with van der Waals surface area (Å²) >= 11 is 0. The van der Waals surface area contributed by atoms with Crippen molar-refractivity contribution in [3.8, 4) is 0 Å². The lowest BCUT2D eigenvalue weighted by Gasteiger charge is -2.59. The second kappa shape index (κ2) is 8.06. The van der Waals surface area contributed by atoms with E-state index in [1.807, 2.05) is 4.90 Å². The predicted octanol–water partition coefficient (Wildman–Crippen LogP) is 2.52. The van der Waals surface area contributed by atoms with Crippen LogP contribution in [-0.4, -0.2) is 48.6 Å². The zero-order valence-electron chi connectivity index (χ0n) is 18.4. The van der Waals surface area contributed by atoms with Gasteiger partial charge in [0.1, 0.15) is 17.7 Å². The Balaban J connectivity index is 1.25. The Bertz CT molecular complexity index is 890. The number of primary amides is 1. The first kappa shape index (κ1) is 21.8. The number of hydrogen-bond acceptors (Lipinski definition) is 4. The van der Waals surface area contributed by atoms with E-state index >= 15 is 0 Å². The molecule has 4 aliphatic carbocycles. The zero-order chi connectivity index (χ0) is 22.6. The summed E-state index contributed by atoms with van der Waals surface area (Å²) in [5.41, 5.74) is 5.39. The lowest BCUT2D eigenvalue weighted by Crippen LogP contribution is -2.63. The first-order chi connectivity index (χ1) is 15.3. The highest BCUT2D eigenvalue weighted by atomic mass is 19.1. The molecule has 4 saturated carbocycles. The molecule has 1 saturated heterocycles. The van der Waals surface area contributed by atoms with Gasteiger partial charge in [-0.05, 0) is 68.9 Å². The molecule has 5 aliphatic rings. The van der Waals surface area contributed by atoms with Gasteiger partial charge in [-0.1, -0.05) is 6.07 Å². The molecule has 2 amide bonds. The highest BCUT2D eigenvalue weighted by Crippen LogP contribution is 2.59. The fourth-order valence-corrected chi connectivity index (χ4v) is 7.09. The molecule has 0 radical (unpaired) electrons. The molecule has 174 valence electrons. The topological polar surface area (TPSA) is 84.7 Å². The molecule has 1 aromatic carbocycles. The molecule has 1 heterocycles. The number of morpholine rings is 1. The Kier molecular flexibility index (Phi) is 5.48. The van der Waals surface area contributed by atoms with Crippen molar-refractivity contribution >= 4 is 11.8 Å². The van der Waals surface area contributed by atoms with Crippen LogP contribution >= 0.6 is 0 Å². The van der Waals surface area contributed by atoms with Gasteiger partial charge in [-0.3, -0.25) is 14.5 Å². The number of carbonyl (C=O) groups excluding carboxylic acids is 2. The van der Waals surface area contributed by atoms with Gasteiger partial charge in [0.25, 0.3) is 5.91 Å². The van der Waals surface area contributed by atoms with Crippen molar-refractivity contribution < 1.29 is 23.1 Å². The highest BCUT2D eigenvalue weighted by molar-refractivity contribution is 5.83. The van der Waals surface area contributed by atoms with Crippen molar-refractivity contribution in [1.29, 1.82) is 0 Å². The molecule has 8 heteroatoms. The van der Waals surface area contributed by atoms with Gasteiger partial charge in [-0.25, -0.2) is 8.78 Å². The second-order valence-electron chi connectivity index (χ2n) is 10.3. The number of benzene rings is 1. The minimum absolute atomic E-state index is 0.0198. The van der Waals surface area contributed by atoms with Crippen LogP contribution in [0.5, 0.6) is 0 Å². The van der Waals surface area contributed by atoms with E-state index in [4.69, 9.17) is 10.5 Å². The quantitative estimate of drug-likeness (QED) is 0.727. The number of nitrogens with zero attached hydrogens (tertiary/aromatic N) is 1. The molecule has 32 heavy (non-hydrogen) atoms. The summed E-state index contributed by atoms with van der Waals surface area (Å²) in [6, 6.07) is 3.39. The minimum Gasteiger partial charge on any atom is -0.369 e. The van der Waals surface area contributed by atoms with Crippen molar-refractivity contribution in [1.82, 2.24) is 10.2 Å². The number of nitrogens with two attached hydrogens (primary N) is 1. The van der Waals surface area contributed by atoms with Crippen LogP contribution in [0.3, 0.4) is 0 Å². The Morgan fingerprint density at radius 1 is 1.19 bits per heavy atom. The van der Waals surface area contributed by atoms with Crippen LogP contribution in [0.2, 0.25) is 0 Å². The average molecular weight is 448 g/mol. The fraction of sp³-hybridized carbons (Fsp3) is 0.667. The summed E-state index contributed by atoms with van der Waals surface area (Å²) in [4.78, 5) is 27.2. The molecule has 0 spiro atoms. The van der Waals surface area contributed by atoms with Crippen LogP contribution in [0.1, 0.15) is 50.6 Å². The summed E-state index contributed by atoms with van der Waals surface area (Å²) in [6.45, 7) is 2.85. The smallest absolute Gasteiger partial charge is 0.250 e. The SMILES string of the molecule is CC(c1c(F)cccc1F)N1CCO[C@@H](C(=O)NC2C3CC4CC2CC(C(N)=O)(C4)C3)C1. The molecule has 1 aromatic rings. The third-order valence-corrected chi connectivity index (χ3v) is 8.46. The van der Waals surface area contributed by atoms with E-state index in [2.05, 4.69) is 5.32 Å². The average Bonchev–Trinajstić information content (AvgIpc) is 2.75. The van der Waals surface area contributed by atoms with Crippen LogP contribution in [0, 0.1) is 34.8 Å². The van der Waals surface area contributed by atoms with Crippen LogP contribution in [-0.2, 0) is 14.3 Å². The van der Waals surface area contributed by atoms with Crippen molar-refractivity contribution in [3.05, 3.63) is 35.4 Å². The molecule has 6 nitrogen and oxygen atoms in total. The molecule has 1 aliphatic heterocycles. The van der Waals surface area contributed by atoms with E-state index in [0.29, 0.717) is 19.1 Å².